The Balaban J connectivity index is 1.26. The molecule has 8 atom stereocenters. The quantitative estimate of drug-likeness (QED) is 0.320. The van der Waals surface area contributed by atoms with Gasteiger partial charge in [0.1, 0.15) is 6.54 Å². The van der Waals surface area contributed by atoms with Gasteiger partial charge >= 0.3 is 5.97 Å². The van der Waals surface area contributed by atoms with Crippen molar-refractivity contribution in [3.05, 3.63) is 23.0 Å². The van der Waals surface area contributed by atoms with Crippen LogP contribution in [0, 0.1) is 46.3 Å². The largest absolute Gasteiger partial charge is 0.480 e. The molecule has 3 saturated carbocycles. The molecule has 0 aromatic carbocycles. The van der Waals surface area contributed by atoms with E-state index in [9.17, 15) is 9.59 Å². The van der Waals surface area contributed by atoms with Gasteiger partial charge in [-0.2, -0.15) is 0 Å². The molecule has 4 aliphatic rings. The third-order valence-corrected chi connectivity index (χ3v) is 12.5. The predicted octanol–water partition coefficient (Wildman–Crippen LogP) is 7.07. The normalized spacial score (nSPS) is 35.1. The number of rotatable bonds is 9. The number of nitrogens with one attached hydrogen (secondary N) is 1. The molecular formula is C33H52N4O3. The molecular weight excluding hydrogens is 500 g/mol. The lowest BCUT2D eigenvalue weighted by Gasteiger charge is -2.57. The summed E-state index contributed by atoms with van der Waals surface area (Å²) in [5.41, 5.74) is 4.67. The van der Waals surface area contributed by atoms with E-state index in [-0.39, 0.29) is 11.7 Å². The number of carboxylic acids is 1. The minimum Gasteiger partial charge on any atom is -0.480 e. The van der Waals surface area contributed by atoms with E-state index in [2.05, 4.69) is 57.2 Å². The second-order valence-electron chi connectivity index (χ2n) is 14.8. The Morgan fingerprint density at radius 2 is 1.85 bits per heavy atom. The van der Waals surface area contributed by atoms with Crippen molar-refractivity contribution >= 4 is 11.9 Å². The monoisotopic (exact) mass is 552 g/mol. The fourth-order valence-corrected chi connectivity index (χ4v) is 9.53. The summed E-state index contributed by atoms with van der Waals surface area (Å²) in [5, 5.41) is 19.6. The van der Waals surface area contributed by atoms with Gasteiger partial charge in [-0.15, -0.1) is 5.10 Å². The number of nitrogens with zero attached hydrogens (tertiary/aromatic N) is 3. The number of amides is 1. The van der Waals surface area contributed by atoms with Gasteiger partial charge in [0.25, 0.3) is 5.91 Å². The summed E-state index contributed by atoms with van der Waals surface area (Å²) < 4.78 is 1.87. The summed E-state index contributed by atoms with van der Waals surface area (Å²) in [5.74, 6) is 3.07. The van der Waals surface area contributed by atoms with Crippen LogP contribution in [0.4, 0.5) is 0 Å². The average molecular weight is 553 g/mol. The Hall–Kier alpha value is -2.18. The molecule has 0 bridgehead atoms. The van der Waals surface area contributed by atoms with Crippen LogP contribution in [-0.4, -0.2) is 38.5 Å². The molecule has 7 nitrogen and oxygen atoms in total. The first kappa shape index (κ1) is 29.3. The third kappa shape index (κ3) is 5.27. The van der Waals surface area contributed by atoms with Crippen molar-refractivity contribution in [3.8, 4) is 0 Å². The highest BCUT2D eigenvalue weighted by Gasteiger charge is 2.55. The van der Waals surface area contributed by atoms with Crippen molar-refractivity contribution in [2.45, 2.75) is 118 Å². The molecule has 2 N–H and O–H groups in total. The number of allylic oxidation sites excluding steroid dienone is 2. The molecule has 1 heterocycles. The summed E-state index contributed by atoms with van der Waals surface area (Å²) in [6.07, 6.45) is 15.7. The summed E-state index contributed by atoms with van der Waals surface area (Å²) in [7, 11) is 0. The zero-order valence-corrected chi connectivity index (χ0v) is 25.7. The maximum atomic E-state index is 12.3. The molecule has 0 radical (unpaired) electrons. The standard InChI is InChI=1S/C33H52N4O3/c1-20(2)21(3)7-8-22(4)26-11-12-27-25-10-9-23-17-24(13-15-32(23,5)28(25)14-16-33(26,27)6)37-19-29(35-36-37)31(40)34-18-30(38)39/h19-24,26,28H,7-18H2,1-6H3,(H,34,40)(H,38,39)/t21-,22+,23-,24+,26+,28-,32-,33+/m0/s1. The van der Waals surface area contributed by atoms with E-state index in [4.69, 9.17) is 5.11 Å². The first-order valence-electron chi connectivity index (χ1n) is 16.1. The Morgan fingerprint density at radius 3 is 2.58 bits per heavy atom. The van der Waals surface area contributed by atoms with Gasteiger partial charge in [0, 0.05) is 0 Å². The summed E-state index contributed by atoms with van der Waals surface area (Å²) in [4.78, 5) is 23.0. The lowest BCUT2D eigenvalue weighted by molar-refractivity contribution is -0.135. The molecule has 0 spiro atoms. The molecule has 0 aliphatic heterocycles. The van der Waals surface area contributed by atoms with Crippen molar-refractivity contribution in [2.75, 3.05) is 6.54 Å². The Morgan fingerprint density at radius 1 is 1.07 bits per heavy atom. The van der Waals surface area contributed by atoms with Gasteiger partial charge in [0.15, 0.2) is 5.69 Å². The predicted molar refractivity (Wildman–Crippen MR) is 157 cm³/mol. The zero-order valence-electron chi connectivity index (χ0n) is 25.7. The third-order valence-electron chi connectivity index (χ3n) is 12.5. The van der Waals surface area contributed by atoms with E-state index in [1.54, 1.807) is 6.20 Å². The van der Waals surface area contributed by atoms with Crippen LogP contribution in [-0.2, 0) is 4.79 Å². The van der Waals surface area contributed by atoms with Gasteiger partial charge in [0.05, 0.1) is 12.2 Å². The van der Waals surface area contributed by atoms with E-state index in [0.29, 0.717) is 16.7 Å². The van der Waals surface area contributed by atoms with Crippen molar-refractivity contribution in [3.63, 3.8) is 0 Å². The lowest BCUT2D eigenvalue weighted by Crippen LogP contribution is -2.47. The highest BCUT2D eigenvalue weighted by Crippen LogP contribution is 2.66. The molecule has 222 valence electrons. The zero-order chi connectivity index (χ0) is 28.8. The summed E-state index contributed by atoms with van der Waals surface area (Å²) in [6, 6.07) is 0.250. The maximum absolute atomic E-state index is 12.3. The highest BCUT2D eigenvalue weighted by molar-refractivity contribution is 5.93. The number of aromatic nitrogens is 3. The average Bonchev–Trinajstić information content (AvgIpc) is 3.54. The van der Waals surface area contributed by atoms with Gasteiger partial charge in [-0.1, -0.05) is 70.7 Å². The van der Waals surface area contributed by atoms with Crippen molar-refractivity contribution < 1.29 is 14.7 Å². The molecule has 5 rings (SSSR count). The number of fused-ring (bicyclic) bond motifs is 4. The topological polar surface area (TPSA) is 97.1 Å². The number of carboxylic acid groups (broad SMARTS) is 1. The van der Waals surface area contributed by atoms with E-state index in [0.717, 1.165) is 42.4 Å². The summed E-state index contributed by atoms with van der Waals surface area (Å²) >= 11 is 0. The molecule has 0 unspecified atom stereocenters. The van der Waals surface area contributed by atoms with E-state index in [1.165, 1.54) is 57.8 Å². The molecule has 1 aromatic rings. The Kier molecular flexibility index (Phi) is 8.24. The SMILES string of the molecule is CC(C)[C@@H](C)CC[C@@H](C)[C@H]1CCC2=C3CC[C@H]4C[C@H](n5cc(C(=O)NCC(=O)O)nn5)CC[C@]4(C)[C@H]3CC[C@@]21C. The smallest absolute Gasteiger partial charge is 0.322 e. The number of aliphatic carboxylic acids is 1. The maximum Gasteiger partial charge on any atom is 0.322 e. The minimum atomic E-state index is -1.07. The summed E-state index contributed by atoms with van der Waals surface area (Å²) in [6.45, 7) is 14.5. The molecule has 1 aromatic heterocycles. The Labute approximate surface area is 240 Å². The van der Waals surface area contributed by atoms with Gasteiger partial charge in [-0.05, 0) is 104 Å². The number of hydrogen-bond acceptors (Lipinski definition) is 4. The molecule has 40 heavy (non-hydrogen) atoms. The van der Waals surface area contributed by atoms with Crippen LogP contribution in [0.25, 0.3) is 0 Å². The first-order chi connectivity index (χ1) is 18.9. The van der Waals surface area contributed by atoms with Crippen LogP contribution in [0.15, 0.2) is 17.3 Å². The van der Waals surface area contributed by atoms with Crippen LogP contribution in [0.5, 0.6) is 0 Å². The van der Waals surface area contributed by atoms with Gasteiger partial charge in [-0.3, -0.25) is 9.59 Å². The van der Waals surface area contributed by atoms with Crippen molar-refractivity contribution in [1.82, 2.24) is 20.3 Å². The van der Waals surface area contributed by atoms with Crippen LogP contribution in [0.1, 0.15) is 129 Å². The van der Waals surface area contributed by atoms with E-state index in [1.807, 2.05) is 15.8 Å². The van der Waals surface area contributed by atoms with Gasteiger partial charge in [-0.25, -0.2) is 4.68 Å². The second-order valence-corrected chi connectivity index (χ2v) is 14.8. The lowest BCUT2D eigenvalue weighted by atomic mass is 9.48. The van der Waals surface area contributed by atoms with Crippen LogP contribution in [0.3, 0.4) is 0 Å². The number of carbonyl (C=O) groups excluding carboxylic acids is 1. The van der Waals surface area contributed by atoms with Crippen LogP contribution < -0.4 is 5.32 Å². The molecule has 1 amide bonds. The number of hydrogen-bond donors (Lipinski definition) is 2. The van der Waals surface area contributed by atoms with E-state index < -0.39 is 18.4 Å². The Bertz CT molecular complexity index is 1140. The minimum absolute atomic E-state index is 0.195. The van der Waals surface area contributed by atoms with Gasteiger partial charge < -0.3 is 10.4 Å². The van der Waals surface area contributed by atoms with E-state index >= 15 is 0 Å². The molecule has 0 saturated heterocycles. The molecule has 7 heteroatoms. The van der Waals surface area contributed by atoms with Crippen molar-refractivity contribution in [2.24, 2.45) is 46.3 Å². The van der Waals surface area contributed by atoms with Gasteiger partial charge in [0.2, 0.25) is 0 Å². The fourth-order valence-electron chi connectivity index (χ4n) is 9.53. The van der Waals surface area contributed by atoms with Crippen LogP contribution >= 0.6 is 0 Å². The fraction of sp³-hybridized carbons (Fsp3) is 0.818. The highest BCUT2D eigenvalue weighted by atomic mass is 16.4. The second kappa shape index (κ2) is 11.2. The first-order valence-corrected chi connectivity index (χ1v) is 16.1. The number of carbonyl (C=O) groups is 2. The molecule has 4 aliphatic carbocycles. The van der Waals surface area contributed by atoms with Crippen LogP contribution in [0.2, 0.25) is 0 Å². The molecule has 3 fully saturated rings. The van der Waals surface area contributed by atoms with Crippen molar-refractivity contribution in [1.29, 1.82) is 0 Å².